The molecule has 31 heavy (non-hydrogen) atoms. The highest BCUT2D eigenvalue weighted by molar-refractivity contribution is 6.05. The molecular weight excluding hydrogens is 394 g/mol. The largest absolute Gasteiger partial charge is 0.618 e. The molecule has 0 atom stereocenters. The van der Waals surface area contributed by atoms with Crippen LogP contribution >= 0.6 is 0 Å². The van der Waals surface area contributed by atoms with E-state index in [2.05, 4.69) is 5.32 Å². The smallest absolute Gasteiger partial charge is 0.321 e. The van der Waals surface area contributed by atoms with Crippen molar-refractivity contribution in [3.63, 3.8) is 0 Å². The summed E-state index contributed by atoms with van der Waals surface area (Å²) < 4.78 is 2.62. The summed E-state index contributed by atoms with van der Waals surface area (Å²) in [5.74, 6) is -0.456. The minimum absolute atomic E-state index is 0.0507. The van der Waals surface area contributed by atoms with Crippen molar-refractivity contribution < 1.29 is 14.6 Å². The Balaban J connectivity index is 1.66. The minimum atomic E-state index is -0.590. The van der Waals surface area contributed by atoms with Gasteiger partial charge in [0, 0.05) is 44.7 Å². The van der Waals surface area contributed by atoms with Crippen molar-refractivity contribution >= 4 is 28.2 Å². The lowest BCUT2D eigenvalue weighted by atomic mass is 9.84. The summed E-state index contributed by atoms with van der Waals surface area (Å²) in [5.41, 5.74) is 2.19. The van der Waals surface area contributed by atoms with Crippen molar-refractivity contribution in [2.45, 2.75) is 51.2 Å². The number of carbonyl (C=O) groups is 1. The van der Waals surface area contributed by atoms with E-state index in [4.69, 9.17) is 5.10 Å². The molecule has 0 unspecified atom stereocenters. The van der Waals surface area contributed by atoms with Crippen LogP contribution in [0.15, 0.2) is 36.5 Å². The lowest BCUT2D eigenvalue weighted by Gasteiger charge is -2.33. The predicted molar refractivity (Wildman–Crippen MR) is 120 cm³/mol. The Labute approximate surface area is 181 Å². The average Bonchev–Trinajstić information content (AvgIpc) is 3.12. The first kappa shape index (κ1) is 21.1. The first-order valence-electron chi connectivity index (χ1n) is 10.6. The van der Waals surface area contributed by atoms with Crippen molar-refractivity contribution in [1.82, 2.24) is 9.78 Å². The van der Waals surface area contributed by atoms with E-state index in [1.807, 2.05) is 48.9 Å². The van der Waals surface area contributed by atoms with Gasteiger partial charge < -0.3 is 20.5 Å². The lowest BCUT2D eigenvalue weighted by molar-refractivity contribution is -0.614. The number of rotatable bonds is 4. The van der Waals surface area contributed by atoms with Crippen molar-refractivity contribution in [2.75, 3.05) is 24.3 Å². The fraction of sp³-hybridized carbons (Fsp3) is 0.435. The highest BCUT2D eigenvalue weighted by Gasteiger charge is 2.30. The van der Waals surface area contributed by atoms with Crippen LogP contribution < -0.4 is 14.9 Å². The van der Waals surface area contributed by atoms with Gasteiger partial charge in [0.25, 0.3) is 5.69 Å². The van der Waals surface area contributed by atoms with Crippen LogP contribution in [-0.2, 0) is 0 Å². The quantitative estimate of drug-likeness (QED) is 0.496. The van der Waals surface area contributed by atoms with Gasteiger partial charge in [0.2, 0.25) is 0 Å². The Kier molecular flexibility index (Phi) is 5.35. The normalized spacial score (nSPS) is 21.3. The number of hydrogen-bond acceptors (Lipinski definition) is 5. The molecule has 2 aromatic heterocycles. The average molecular weight is 424 g/mol. The molecule has 164 valence electrons. The third-order valence-corrected chi connectivity index (χ3v) is 6.14. The molecule has 0 spiro atoms. The molecule has 4 rings (SSSR count). The Hall–Kier alpha value is -3.13. The molecule has 8 nitrogen and oxygen atoms in total. The van der Waals surface area contributed by atoms with Crippen LogP contribution in [0, 0.1) is 12.1 Å². The monoisotopic (exact) mass is 423 g/mol. The van der Waals surface area contributed by atoms with Gasteiger partial charge in [0.15, 0.2) is 5.69 Å². The molecule has 1 aliphatic carbocycles. The van der Waals surface area contributed by atoms with E-state index in [9.17, 15) is 15.1 Å². The number of aromatic nitrogens is 3. The highest BCUT2D eigenvalue weighted by Crippen LogP contribution is 2.36. The minimum Gasteiger partial charge on any atom is -0.618 e. The Morgan fingerprint density at radius 2 is 2.03 bits per heavy atom. The van der Waals surface area contributed by atoms with E-state index >= 15 is 0 Å². The zero-order valence-electron chi connectivity index (χ0n) is 18.4. The molecule has 3 aromatic rings. The highest BCUT2D eigenvalue weighted by atomic mass is 16.5. The Morgan fingerprint density at radius 3 is 2.71 bits per heavy atom. The van der Waals surface area contributed by atoms with Crippen LogP contribution in [0.25, 0.3) is 10.9 Å². The molecule has 0 radical (unpaired) electrons. The van der Waals surface area contributed by atoms with E-state index in [1.165, 1.54) is 6.07 Å². The summed E-state index contributed by atoms with van der Waals surface area (Å²) in [5, 5.41) is 31.1. The third-order valence-electron chi connectivity index (χ3n) is 6.14. The van der Waals surface area contributed by atoms with Crippen molar-refractivity contribution in [3.8, 4) is 0 Å². The summed E-state index contributed by atoms with van der Waals surface area (Å²) in [6, 6.07) is 8.97. The molecule has 2 N–H and O–H groups in total. The van der Waals surface area contributed by atoms with Gasteiger partial charge in [-0.1, -0.05) is 0 Å². The molecular formula is C23H29N5O3. The molecule has 8 heteroatoms. The van der Waals surface area contributed by atoms with Gasteiger partial charge in [-0.3, -0.25) is 9.48 Å². The number of nitrogens with one attached hydrogen (secondary N) is 1. The second-order valence-electron chi connectivity index (χ2n) is 8.96. The molecule has 0 bridgehead atoms. The number of carbonyl (C=O) groups excluding carboxylic acids is 1. The van der Waals surface area contributed by atoms with Gasteiger partial charge in [-0.05, 0) is 50.8 Å². The number of hydrogen-bond donors (Lipinski definition) is 2. The molecule has 1 amide bonds. The number of aryl methyl sites for hydroxylation is 1. The standard InChI is InChI=1S/C23H29N5O3/c1-15-6-5-7-20(28(15)31)22(29)24-19-12-16-14-27(17-8-10-23(2,30)11-9-17)25-18(16)13-21(19)26(3)4/h5-7,12-14,17,30H,8-11H2,1-4H3,(H,24,29). The SMILES string of the molecule is Cc1cccc(C(=O)Nc2cc3cn(C4CCC(C)(O)CC4)nc3cc2N(C)C)[n+]1[O-]. The molecule has 1 saturated carbocycles. The number of benzene rings is 1. The van der Waals surface area contributed by atoms with E-state index in [-0.39, 0.29) is 11.7 Å². The maximum absolute atomic E-state index is 12.8. The summed E-state index contributed by atoms with van der Waals surface area (Å²) in [6.07, 6.45) is 5.26. The summed E-state index contributed by atoms with van der Waals surface area (Å²) >= 11 is 0. The van der Waals surface area contributed by atoms with Crippen LogP contribution in [0.2, 0.25) is 0 Å². The maximum atomic E-state index is 12.8. The van der Waals surface area contributed by atoms with Crippen LogP contribution in [-0.4, -0.2) is 40.5 Å². The number of anilines is 2. The van der Waals surface area contributed by atoms with Crippen molar-refractivity contribution in [1.29, 1.82) is 0 Å². The van der Waals surface area contributed by atoms with Gasteiger partial charge in [-0.2, -0.15) is 9.83 Å². The number of aliphatic hydroxyl groups is 1. The van der Waals surface area contributed by atoms with Crippen LogP contribution in [0.3, 0.4) is 0 Å². The molecule has 1 aromatic carbocycles. The first-order chi connectivity index (χ1) is 14.6. The maximum Gasteiger partial charge on any atom is 0.321 e. The van der Waals surface area contributed by atoms with Crippen LogP contribution in [0.4, 0.5) is 11.4 Å². The number of fused-ring (bicyclic) bond motifs is 1. The van der Waals surface area contributed by atoms with Gasteiger partial charge >= 0.3 is 5.91 Å². The second kappa shape index (κ2) is 7.85. The number of pyridine rings is 1. The van der Waals surface area contributed by atoms with Gasteiger partial charge in [-0.25, -0.2) is 0 Å². The third kappa shape index (κ3) is 4.20. The van der Waals surface area contributed by atoms with E-state index in [0.29, 0.717) is 16.1 Å². The lowest BCUT2D eigenvalue weighted by Crippen LogP contribution is -2.39. The van der Waals surface area contributed by atoms with Crippen molar-refractivity contribution in [3.05, 3.63) is 53.1 Å². The van der Waals surface area contributed by atoms with Gasteiger partial charge in [0.1, 0.15) is 0 Å². The topological polar surface area (TPSA) is 97.3 Å². The fourth-order valence-corrected chi connectivity index (χ4v) is 4.18. The number of nitrogens with zero attached hydrogens (tertiary/aromatic N) is 4. The zero-order chi connectivity index (χ0) is 22.3. The van der Waals surface area contributed by atoms with Crippen molar-refractivity contribution in [2.24, 2.45) is 0 Å². The first-order valence-corrected chi connectivity index (χ1v) is 10.6. The Bertz CT molecular complexity index is 1130. The van der Waals surface area contributed by atoms with Gasteiger partial charge in [0.05, 0.1) is 28.5 Å². The van der Waals surface area contributed by atoms with E-state index in [1.54, 1.807) is 19.1 Å². The van der Waals surface area contributed by atoms with E-state index < -0.39 is 11.5 Å². The van der Waals surface area contributed by atoms with E-state index in [0.717, 1.165) is 42.3 Å². The fourth-order valence-electron chi connectivity index (χ4n) is 4.18. The van der Waals surface area contributed by atoms with Gasteiger partial charge in [-0.15, -0.1) is 0 Å². The zero-order valence-corrected chi connectivity index (χ0v) is 18.4. The Morgan fingerprint density at radius 1 is 1.32 bits per heavy atom. The van der Waals surface area contributed by atoms with Crippen LogP contribution in [0.5, 0.6) is 0 Å². The summed E-state index contributed by atoms with van der Waals surface area (Å²) in [7, 11) is 3.80. The second-order valence-corrected chi connectivity index (χ2v) is 8.96. The summed E-state index contributed by atoms with van der Waals surface area (Å²) in [6.45, 7) is 3.56. The number of amides is 1. The predicted octanol–water partition coefficient (Wildman–Crippen LogP) is 3.16. The van der Waals surface area contributed by atoms with Crippen LogP contribution in [0.1, 0.15) is 54.8 Å². The molecule has 1 fully saturated rings. The molecule has 0 saturated heterocycles. The molecule has 2 heterocycles. The molecule has 0 aliphatic heterocycles. The summed E-state index contributed by atoms with van der Waals surface area (Å²) in [4.78, 5) is 14.7. The molecule has 1 aliphatic rings.